The van der Waals surface area contributed by atoms with E-state index in [1.807, 2.05) is 22.6 Å². The van der Waals surface area contributed by atoms with Gasteiger partial charge < -0.3 is 9.47 Å². The first-order valence-corrected chi connectivity index (χ1v) is 11.6. The van der Waals surface area contributed by atoms with Gasteiger partial charge in [-0.25, -0.2) is 0 Å². The summed E-state index contributed by atoms with van der Waals surface area (Å²) in [5.74, 6) is -0.640. The number of alkyl halides is 3. The van der Waals surface area contributed by atoms with Crippen molar-refractivity contribution in [2.75, 3.05) is 7.11 Å². The van der Waals surface area contributed by atoms with Crippen LogP contribution in [0.2, 0.25) is 0 Å². The third-order valence-corrected chi connectivity index (χ3v) is 6.52. The number of amidine groups is 2. The van der Waals surface area contributed by atoms with Crippen LogP contribution < -0.4 is 9.47 Å². The second-order valence-corrected chi connectivity index (χ2v) is 9.13. The summed E-state index contributed by atoms with van der Waals surface area (Å²) >= 11 is 2.20. The van der Waals surface area contributed by atoms with Crippen LogP contribution in [0.25, 0.3) is 6.08 Å². The van der Waals surface area contributed by atoms with Crippen LogP contribution in [0.15, 0.2) is 52.1 Å². The van der Waals surface area contributed by atoms with Gasteiger partial charge in [-0.15, -0.1) is 0 Å². The molecule has 0 spiro atoms. The summed E-state index contributed by atoms with van der Waals surface area (Å²) in [5, 5.41) is 20.0. The van der Waals surface area contributed by atoms with Crippen molar-refractivity contribution in [1.29, 1.82) is 10.7 Å². The summed E-state index contributed by atoms with van der Waals surface area (Å²) in [5.41, 5.74) is 1.38. The molecule has 4 rings (SSSR count). The third-order valence-electron chi connectivity index (χ3n) is 4.77. The van der Waals surface area contributed by atoms with Gasteiger partial charge in [-0.1, -0.05) is 18.2 Å². The first-order valence-electron chi connectivity index (χ1n) is 9.68. The molecular formula is C22H13F3IN5O3S. The fourth-order valence-corrected chi connectivity index (χ4v) is 4.68. The first-order chi connectivity index (χ1) is 16.6. The standard InChI is InChI=1S/C22H13F3IN5O3S/c1-33-16-8-11(7-15(26)17(16)34-10-13-5-3-2-4-12(13)9-27)6-14-18(28)31-21(29-19(14)32)35-20(30-31)22(23,24)25/h2-8,28H,10H2,1H3. The van der Waals surface area contributed by atoms with Gasteiger partial charge in [0.05, 0.1) is 27.9 Å². The molecule has 0 unspecified atom stereocenters. The predicted octanol–water partition coefficient (Wildman–Crippen LogP) is 4.93. The highest BCUT2D eigenvalue weighted by atomic mass is 127. The highest BCUT2D eigenvalue weighted by Gasteiger charge is 2.46. The maximum absolute atomic E-state index is 13.0. The molecule has 2 heterocycles. The van der Waals surface area contributed by atoms with Gasteiger partial charge in [0.25, 0.3) is 5.91 Å². The Hall–Kier alpha value is -3.38. The lowest BCUT2D eigenvalue weighted by atomic mass is 10.1. The molecular weight excluding hydrogens is 598 g/mol. The molecule has 1 amide bonds. The monoisotopic (exact) mass is 611 g/mol. The molecule has 178 valence electrons. The number of carbonyl (C=O) groups excluding carboxylic acids is 1. The lowest BCUT2D eigenvalue weighted by Gasteiger charge is -2.20. The van der Waals surface area contributed by atoms with Crippen molar-refractivity contribution in [2.24, 2.45) is 10.1 Å². The number of amides is 1. The summed E-state index contributed by atoms with van der Waals surface area (Å²) in [6, 6.07) is 12.3. The second kappa shape index (κ2) is 9.70. The summed E-state index contributed by atoms with van der Waals surface area (Å²) in [7, 11) is 1.43. The van der Waals surface area contributed by atoms with Gasteiger partial charge in [-0.2, -0.15) is 33.5 Å². The van der Waals surface area contributed by atoms with E-state index < -0.39 is 23.0 Å². The number of carbonyl (C=O) groups is 1. The van der Waals surface area contributed by atoms with E-state index >= 15 is 0 Å². The van der Waals surface area contributed by atoms with Crippen LogP contribution in [-0.4, -0.2) is 40.2 Å². The van der Waals surface area contributed by atoms with Gasteiger partial charge in [0, 0.05) is 5.56 Å². The zero-order valence-corrected chi connectivity index (χ0v) is 20.7. The summed E-state index contributed by atoms with van der Waals surface area (Å²) in [6.45, 7) is 0.114. The number of nitrogens with zero attached hydrogens (tertiary/aromatic N) is 4. The summed E-state index contributed by atoms with van der Waals surface area (Å²) in [6.07, 6.45) is -3.39. The number of rotatable bonds is 5. The number of benzene rings is 2. The van der Waals surface area contributed by atoms with Crippen LogP contribution in [0.3, 0.4) is 0 Å². The molecule has 2 aliphatic rings. The van der Waals surface area contributed by atoms with E-state index in [0.717, 1.165) is 0 Å². The number of methoxy groups -OCH3 is 1. The van der Waals surface area contributed by atoms with Gasteiger partial charge in [-0.05, 0) is 64.2 Å². The van der Waals surface area contributed by atoms with Crippen molar-refractivity contribution in [3.63, 3.8) is 0 Å². The molecule has 0 radical (unpaired) electrons. The molecule has 0 bridgehead atoms. The number of aliphatic imine (C=N–C) groups is 1. The van der Waals surface area contributed by atoms with Crippen LogP contribution >= 0.6 is 34.4 Å². The SMILES string of the molecule is COc1cc(C=C2C(=N)N3N=C(C(F)(F)F)SC3=NC2=O)cc(I)c1OCc1ccccc1C#N. The molecule has 2 aliphatic heterocycles. The van der Waals surface area contributed by atoms with E-state index in [9.17, 15) is 23.2 Å². The average molecular weight is 611 g/mol. The Balaban J connectivity index is 1.63. The molecule has 0 fully saturated rings. The number of fused-ring (bicyclic) bond motifs is 1. The normalized spacial score (nSPS) is 16.6. The van der Waals surface area contributed by atoms with E-state index in [0.29, 0.717) is 36.8 Å². The number of hydrogen-bond acceptors (Lipinski definition) is 7. The molecule has 0 saturated heterocycles. The van der Waals surface area contributed by atoms with Crippen LogP contribution in [-0.2, 0) is 11.4 Å². The molecule has 35 heavy (non-hydrogen) atoms. The Labute approximate surface area is 214 Å². The second-order valence-electron chi connectivity index (χ2n) is 7.01. The Morgan fingerprint density at radius 3 is 2.74 bits per heavy atom. The summed E-state index contributed by atoms with van der Waals surface area (Å²) in [4.78, 5) is 16.1. The average Bonchev–Trinajstić information content (AvgIpc) is 3.25. The van der Waals surface area contributed by atoms with Gasteiger partial charge in [0.1, 0.15) is 6.61 Å². The number of ether oxygens (including phenoxy) is 2. The zero-order valence-electron chi connectivity index (χ0n) is 17.7. The number of nitrogens with one attached hydrogen (secondary N) is 1. The number of thioether (sulfide) groups is 1. The predicted molar refractivity (Wildman–Crippen MR) is 132 cm³/mol. The van der Waals surface area contributed by atoms with Crippen LogP contribution in [0.5, 0.6) is 11.5 Å². The van der Waals surface area contributed by atoms with Crippen LogP contribution in [0.1, 0.15) is 16.7 Å². The zero-order chi connectivity index (χ0) is 25.3. The van der Waals surface area contributed by atoms with Crippen molar-refractivity contribution in [3.05, 3.63) is 62.2 Å². The maximum atomic E-state index is 13.0. The van der Waals surface area contributed by atoms with Crippen LogP contribution in [0.4, 0.5) is 13.2 Å². The van der Waals surface area contributed by atoms with Crippen molar-refractivity contribution >= 4 is 62.4 Å². The molecule has 13 heteroatoms. The van der Waals surface area contributed by atoms with E-state index in [-0.39, 0.29) is 29.1 Å². The van der Waals surface area contributed by atoms with Gasteiger partial charge in [0.15, 0.2) is 17.3 Å². The minimum Gasteiger partial charge on any atom is -0.493 e. The maximum Gasteiger partial charge on any atom is 0.441 e. The van der Waals surface area contributed by atoms with Crippen molar-refractivity contribution < 1.29 is 27.4 Å². The molecule has 2 aromatic rings. The number of nitriles is 1. The molecule has 0 saturated carbocycles. The number of hydrazone groups is 1. The molecule has 1 N–H and O–H groups in total. The molecule has 2 aromatic carbocycles. The first kappa shape index (κ1) is 24.7. The van der Waals surface area contributed by atoms with E-state index in [4.69, 9.17) is 14.9 Å². The fraction of sp³-hybridized carbons (Fsp3) is 0.136. The summed E-state index contributed by atoms with van der Waals surface area (Å²) < 4.78 is 50.9. The Kier molecular flexibility index (Phi) is 6.86. The topological polar surface area (TPSA) is 111 Å². The van der Waals surface area contributed by atoms with Crippen molar-refractivity contribution in [1.82, 2.24) is 5.01 Å². The van der Waals surface area contributed by atoms with Gasteiger partial charge in [0.2, 0.25) is 10.2 Å². The Morgan fingerprint density at radius 2 is 2.06 bits per heavy atom. The fourth-order valence-electron chi connectivity index (χ4n) is 3.14. The Morgan fingerprint density at radius 1 is 1.31 bits per heavy atom. The van der Waals surface area contributed by atoms with Crippen molar-refractivity contribution in [2.45, 2.75) is 12.8 Å². The Bertz CT molecular complexity index is 1380. The van der Waals surface area contributed by atoms with E-state index in [1.165, 1.54) is 13.2 Å². The molecule has 0 aromatic heterocycles. The quantitative estimate of drug-likeness (QED) is 0.379. The smallest absolute Gasteiger partial charge is 0.441 e. The number of halogens is 4. The van der Waals surface area contributed by atoms with E-state index in [2.05, 4.69) is 16.2 Å². The minimum absolute atomic E-state index is 0.114. The molecule has 0 aliphatic carbocycles. The lowest BCUT2D eigenvalue weighted by molar-refractivity contribution is -0.114. The van der Waals surface area contributed by atoms with Crippen molar-refractivity contribution in [3.8, 4) is 17.6 Å². The largest absolute Gasteiger partial charge is 0.493 e. The van der Waals surface area contributed by atoms with Crippen LogP contribution in [0, 0.1) is 20.3 Å². The van der Waals surface area contributed by atoms with Gasteiger partial charge in [-0.3, -0.25) is 10.2 Å². The minimum atomic E-state index is -4.72. The third kappa shape index (κ3) is 5.03. The number of hydrogen-bond donors (Lipinski definition) is 1. The highest BCUT2D eigenvalue weighted by molar-refractivity contribution is 14.1. The molecule has 8 nitrogen and oxygen atoms in total. The van der Waals surface area contributed by atoms with E-state index in [1.54, 1.807) is 36.4 Å². The molecule has 0 atom stereocenters. The van der Waals surface area contributed by atoms with Gasteiger partial charge >= 0.3 is 6.18 Å². The lowest BCUT2D eigenvalue weighted by Crippen LogP contribution is -2.35. The highest BCUT2D eigenvalue weighted by Crippen LogP contribution is 2.37.